The minimum Gasteiger partial charge on any atom is -0.468 e. The van der Waals surface area contributed by atoms with Gasteiger partial charge in [-0.25, -0.2) is 0 Å². The van der Waals surface area contributed by atoms with Gasteiger partial charge < -0.3 is 15.5 Å². The van der Waals surface area contributed by atoms with Crippen molar-refractivity contribution in [3.8, 4) is 0 Å². The van der Waals surface area contributed by atoms with E-state index in [0.717, 1.165) is 31.8 Å². The molecular weight excluding hydrogens is 190 g/mol. The molecule has 1 aromatic heterocycles. The Morgan fingerprint density at radius 1 is 1.53 bits per heavy atom. The van der Waals surface area contributed by atoms with E-state index in [-0.39, 0.29) is 6.04 Å². The van der Waals surface area contributed by atoms with Crippen LogP contribution in [0.5, 0.6) is 0 Å². The molecule has 0 radical (unpaired) electrons. The molecule has 1 rings (SSSR count). The van der Waals surface area contributed by atoms with E-state index in [9.17, 15) is 0 Å². The summed E-state index contributed by atoms with van der Waals surface area (Å²) in [6.45, 7) is 2.59. The lowest BCUT2D eigenvalue weighted by molar-refractivity contribution is 0.250. The number of hydrogen-bond acceptors (Lipinski definition) is 4. The highest BCUT2D eigenvalue weighted by Crippen LogP contribution is 2.17. The van der Waals surface area contributed by atoms with Crippen molar-refractivity contribution in [2.45, 2.75) is 12.5 Å². The normalized spacial score (nSPS) is 13.3. The number of hydrogen-bond donors (Lipinski definition) is 2. The van der Waals surface area contributed by atoms with Crippen LogP contribution in [0.4, 0.5) is 0 Å². The Morgan fingerprint density at radius 2 is 2.33 bits per heavy atom. The van der Waals surface area contributed by atoms with E-state index in [1.54, 1.807) is 6.26 Å². The maximum absolute atomic E-state index is 5.43. The summed E-state index contributed by atoms with van der Waals surface area (Å²) in [6, 6.07) is 4.22. The third-order valence-electron chi connectivity index (χ3n) is 2.39. The summed E-state index contributed by atoms with van der Waals surface area (Å²) < 4.78 is 5.41. The molecule has 0 saturated heterocycles. The third-order valence-corrected chi connectivity index (χ3v) is 2.39. The summed E-state index contributed by atoms with van der Waals surface area (Å²) in [5.74, 6) is 1.00. The number of likely N-dealkylation sites (N-methyl/N-ethyl adjacent to an activating group) is 1. The van der Waals surface area contributed by atoms with E-state index in [0.29, 0.717) is 0 Å². The lowest BCUT2D eigenvalue weighted by atomic mass is 10.2. The third kappa shape index (κ3) is 4.03. The first-order chi connectivity index (χ1) is 7.25. The predicted octanol–water partition coefficient (Wildman–Crippen LogP) is 0.821. The predicted molar refractivity (Wildman–Crippen MR) is 61.7 cm³/mol. The van der Waals surface area contributed by atoms with E-state index in [2.05, 4.69) is 24.3 Å². The van der Waals surface area contributed by atoms with Gasteiger partial charge in [0.05, 0.1) is 12.3 Å². The van der Waals surface area contributed by atoms with Crippen LogP contribution in [0.15, 0.2) is 22.8 Å². The van der Waals surface area contributed by atoms with Crippen molar-refractivity contribution in [1.82, 2.24) is 10.2 Å². The second kappa shape index (κ2) is 6.61. The average Bonchev–Trinajstić information content (AvgIpc) is 2.70. The fourth-order valence-electron chi connectivity index (χ4n) is 1.48. The summed E-state index contributed by atoms with van der Waals surface area (Å²) >= 11 is 0. The molecule has 1 atom stereocenters. The fourth-order valence-corrected chi connectivity index (χ4v) is 1.48. The Bertz CT molecular complexity index is 246. The molecule has 4 nitrogen and oxygen atoms in total. The van der Waals surface area contributed by atoms with Crippen LogP contribution in [0.3, 0.4) is 0 Å². The number of nitrogens with zero attached hydrogens (tertiary/aromatic N) is 1. The van der Waals surface area contributed by atoms with Crippen molar-refractivity contribution in [3.63, 3.8) is 0 Å². The van der Waals surface area contributed by atoms with Gasteiger partial charge in [-0.2, -0.15) is 0 Å². The van der Waals surface area contributed by atoms with Gasteiger partial charge in [-0.15, -0.1) is 0 Å². The number of nitrogens with two attached hydrogens (primary N) is 1. The molecule has 0 saturated carbocycles. The Hall–Kier alpha value is -0.840. The minimum absolute atomic E-state index is 0.290. The molecule has 1 aromatic rings. The molecule has 3 N–H and O–H groups in total. The van der Waals surface area contributed by atoms with Crippen LogP contribution >= 0.6 is 0 Å². The molecular formula is C11H21N3O. The van der Waals surface area contributed by atoms with E-state index < -0.39 is 0 Å². The van der Waals surface area contributed by atoms with Crippen molar-refractivity contribution in [2.75, 3.05) is 33.7 Å². The molecule has 0 aromatic carbocycles. The number of nitrogens with one attached hydrogen (secondary N) is 1. The zero-order valence-corrected chi connectivity index (χ0v) is 9.57. The summed E-state index contributed by atoms with van der Waals surface area (Å²) in [4.78, 5) is 2.15. The van der Waals surface area contributed by atoms with Crippen LogP contribution < -0.4 is 11.1 Å². The van der Waals surface area contributed by atoms with Gasteiger partial charge in [-0.1, -0.05) is 0 Å². The van der Waals surface area contributed by atoms with Gasteiger partial charge in [0.2, 0.25) is 0 Å². The molecule has 15 heavy (non-hydrogen) atoms. The van der Waals surface area contributed by atoms with Crippen LogP contribution in [0.25, 0.3) is 0 Å². The largest absolute Gasteiger partial charge is 0.468 e. The standard InChI is InChI=1S/C11H21N3O/c1-14(2)10(9-13-7-4-6-12)11-5-3-8-15-11/h3,5,8,10,13H,4,6-7,9,12H2,1-2H3. The first-order valence-corrected chi connectivity index (χ1v) is 5.36. The number of furan rings is 1. The van der Waals surface area contributed by atoms with Crippen LogP contribution in [0.1, 0.15) is 18.2 Å². The summed E-state index contributed by atoms with van der Waals surface area (Å²) in [5.41, 5.74) is 5.43. The van der Waals surface area contributed by atoms with Crippen LogP contribution in [0, 0.1) is 0 Å². The van der Waals surface area contributed by atoms with Crippen molar-refractivity contribution in [3.05, 3.63) is 24.2 Å². The van der Waals surface area contributed by atoms with Gasteiger partial charge in [-0.3, -0.25) is 4.90 Å². The Balaban J connectivity index is 2.39. The molecule has 86 valence electrons. The van der Waals surface area contributed by atoms with Crippen molar-refractivity contribution in [2.24, 2.45) is 5.73 Å². The lowest BCUT2D eigenvalue weighted by Crippen LogP contribution is -2.31. The molecule has 0 aliphatic carbocycles. The molecule has 1 heterocycles. The molecule has 0 bridgehead atoms. The lowest BCUT2D eigenvalue weighted by Gasteiger charge is -2.22. The Kier molecular flexibility index (Phi) is 5.39. The minimum atomic E-state index is 0.290. The monoisotopic (exact) mass is 211 g/mol. The Labute approximate surface area is 91.4 Å². The molecule has 1 unspecified atom stereocenters. The molecule has 0 spiro atoms. The zero-order chi connectivity index (χ0) is 11.1. The topological polar surface area (TPSA) is 54.4 Å². The van der Waals surface area contributed by atoms with E-state index in [1.165, 1.54) is 0 Å². The van der Waals surface area contributed by atoms with Gasteiger partial charge in [-0.05, 0) is 45.7 Å². The quantitative estimate of drug-likeness (QED) is 0.656. The highest BCUT2D eigenvalue weighted by molar-refractivity contribution is 5.04. The number of rotatable bonds is 7. The highest BCUT2D eigenvalue weighted by Gasteiger charge is 2.15. The van der Waals surface area contributed by atoms with Gasteiger partial charge in [0.1, 0.15) is 5.76 Å². The maximum Gasteiger partial charge on any atom is 0.122 e. The van der Waals surface area contributed by atoms with Crippen molar-refractivity contribution >= 4 is 0 Å². The molecule has 0 aliphatic rings. The van der Waals surface area contributed by atoms with Crippen LogP contribution in [0.2, 0.25) is 0 Å². The molecule has 0 aliphatic heterocycles. The zero-order valence-electron chi connectivity index (χ0n) is 9.57. The van der Waals surface area contributed by atoms with Crippen LogP contribution in [-0.4, -0.2) is 38.6 Å². The van der Waals surface area contributed by atoms with Gasteiger partial charge in [0, 0.05) is 6.54 Å². The average molecular weight is 211 g/mol. The highest BCUT2D eigenvalue weighted by atomic mass is 16.3. The van der Waals surface area contributed by atoms with Crippen molar-refractivity contribution in [1.29, 1.82) is 0 Å². The summed E-state index contributed by atoms with van der Waals surface area (Å²) in [6.07, 6.45) is 2.73. The SMILES string of the molecule is CN(C)C(CNCCCN)c1ccco1. The van der Waals surface area contributed by atoms with Crippen LogP contribution in [-0.2, 0) is 0 Å². The summed E-state index contributed by atoms with van der Waals surface area (Å²) in [5, 5.41) is 3.37. The van der Waals surface area contributed by atoms with Gasteiger partial charge in [0.25, 0.3) is 0 Å². The molecule has 0 fully saturated rings. The van der Waals surface area contributed by atoms with Gasteiger partial charge >= 0.3 is 0 Å². The summed E-state index contributed by atoms with van der Waals surface area (Å²) in [7, 11) is 4.11. The van der Waals surface area contributed by atoms with E-state index in [4.69, 9.17) is 10.2 Å². The molecule has 0 amide bonds. The first kappa shape index (κ1) is 12.2. The Morgan fingerprint density at radius 3 is 2.87 bits per heavy atom. The second-order valence-corrected chi connectivity index (χ2v) is 3.84. The maximum atomic E-state index is 5.43. The smallest absolute Gasteiger partial charge is 0.122 e. The fraction of sp³-hybridized carbons (Fsp3) is 0.636. The first-order valence-electron chi connectivity index (χ1n) is 5.36. The van der Waals surface area contributed by atoms with E-state index in [1.807, 2.05) is 12.1 Å². The van der Waals surface area contributed by atoms with E-state index >= 15 is 0 Å². The second-order valence-electron chi connectivity index (χ2n) is 3.84. The van der Waals surface area contributed by atoms with Crippen molar-refractivity contribution < 1.29 is 4.42 Å². The molecule has 4 heteroatoms. The van der Waals surface area contributed by atoms with Gasteiger partial charge in [0.15, 0.2) is 0 Å².